The molecule has 0 unspecified atom stereocenters. The Hall–Kier alpha value is -3.15. The summed E-state index contributed by atoms with van der Waals surface area (Å²) >= 11 is 0. The smallest absolute Gasteiger partial charge is 0.276 e. The summed E-state index contributed by atoms with van der Waals surface area (Å²) in [4.78, 5) is 15.0. The van der Waals surface area contributed by atoms with E-state index in [2.05, 4.69) is 20.4 Å². The molecule has 0 bridgehead atoms. The van der Waals surface area contributed by atoms with Crippen LogP contribution in [0.15, 0.2) is 58.2 Å². The van der Waals surface area contributed by atoms with Crippen molar-refractivity contribution in [2.45, 2.75) is 17.9 Å². The van der Waals surface area contributed by atoms with Gasteiger partial charge >= 0.3 is 0 Å². The highest BCUT2D eigenvalue weighted by atomic mass is 32.2. The minimum absolute atomic E-state index is 0.0873. The van der Waals surface area contributed by atoms with Crippen molar-refractivity contribution in [1.82, 2.24) is 14.5 Å². The van der Waals surface area contributed by atoms with E-state index in [1.807, 2.05) is 24.3 Å². The predicted molar refractivity (Wildman–Crippen MR) is 126 cm³/mol. The Bertz CT molecular complexity index is 1210. The second kappa shape index (κ2) is 9.61. The Morgan fingerprint density at radius 3 is 2.41 bits per heavy atom. The molecule has 2 N–H and O–H groups in total. The van der Waals surface area contributed by atoms with Crippen LogP contribution < -0.4 is 10.2 Å². The van der Waals surface area contributed by atoms with E-state index in [1.165, 1.54) is 10.4 Å². The normalized spacial score (nSPS) is 18.2. The number of benzene rings is 1. The molecule has 0 radical (unpaired) electrons. The lowest BCUT2D eigenvalue weighted by Gasteiger charge is -2.30. The molecular formula is C23H27N5O5S. The SMILES string of the molecule is O=C(Nc1ccc(N2CCOCC2)cc1)C1CCN(S(=O)(=O)c2ccc(-c3ccn[nH]3)o2)CC1. The van der Waals surface area contributed by atoms with E-state index in [0.29, 0.717) is 24.3 Å². The molecular weight excluding hydrogens is 458 g/mol. The molecule has 2 aliphatic heterocycles. The van der Waals surface area contributed by atoms with Gasteiger partial charge in [0.15, 0.2) is 5.76 Å². The van der Waals surface area contributed by atoms with Gasteiger partial charge in [-0.25, -0.2) is 8.42 Å². The maximum absolute atomic E-state index is 13.0. The molecule has 0 saturated carbocycles. The second-order valence-electron chi connectivity index (χ2n) is 8.40. The highest BCUT2D eigenvalue weighted by Gasteiger charge is 2.34. The summed E-state index contributed by atoms with van der Waals surface area (Å²) in [6.45, 7) is 3.68. The standard InChI is InChI=1S/C23H27N5O5S/c29-23(25-18-1-3-19(4-2-18)27-13-15-32-16-14-27)17-8-11-28(12-9-17)34(30,31)22-6-5-21(33-22)20-7-10-24-26-20/h1-7,10,17H,8-9,11-16H2,(H,24,26)(H,25,29). The number of furan rings is 1. The Labute approximate surface area is 197 Å². The Kier molecular flexibility index (Phi) is 6.40. The van der Waals surface area contributed by atoms with E-state index in [-0.39, 0.29) is 30.0 Å². The lowest BCUT2D eigenvalue weighted by Crippen LogP contribution is -2.41. The van der Waals surface area contributed by atoms with Gasteiger partial charge in [0.2, 0.25) is 11.0 Å². The Morgan fingerprint density at radius 1 is 1.00 bits per heavy atom. The third kappa shape index (κ3) is 4.72. The van der Waals surface area contributed by atoms with E-state index < -0.39 is 10.0 Å². The van der Waals surface area contributed by atoms with Crippen LogP contribution in [0, 0.1) is 5.92 Å². The van der Waals surface area contributed by atoms with Gasteiger partial charge in [0, 0.05) is 49.7 Å². The average Bonchev–Trinajstić information content (AvgIpc) is 3.58. The van der Waals surface area contributed by atoms with E-state index in [0.717, 1.165) is 37.7 Å². The molecule has 2 aliphatic rings. The molecule has 2 aromatic heterocycles. The number of carbonyl (C=O) groups is 1. The first-order valence-corrected chi connectivity index (χ1v) is 12.8. The number of sulfonamides is 1. The van der Waals surface area contributed by atoms with Crippen molar-refractivity contribution >= 4 is 27.3 Å². The van der Waals surface area contributed by atoms with Crippen molar-refractivity contribution < 1.29 is 22.4 Å². The zero-order valence-electron chi connectivity index (χ0n) is 18.6. The Balaban J connectivity index is 1.16. The molecule has 0 aliphatic carbocycles. The van der Waals surface area contributed by atoms with Gasteiger partial charge in [-0.1, -0.05) is 0 Å². The first-order valence-electron chi connectivity index (χ1n) is 11.3. The van der Waals surface area contributed by atoms with Gasteiger partial charge in [0.1, 0.15) is 5.69 Å². The number of aromatic nitrogens is 2. The van der Waals surface area contributed by atoms with Crippen molar-refractivity contribution in [3.05, 3.63) is 48.7 Å². The molecule has 5 rings (SSSR count). The molecule has 180 valence electrons. The van der Waals surface area contributed by atoms with Gasteiger partial charge in [-0.15, -0.1) is 0 Å². The molecule has 34 heavy (non-hydrogen) atoms. The highest BCUT2D eigenvalue weighted by Crippen LogP contribution is 2.29. The number of nitrogens with one attached hydrogen (secondary N) is 2. The van der Waals surface area contributed by atoms with Crippen LogP contribution in [0.2, 0.25) is 0 Å². The molecule has 1 aromatic carbocycles. The van der Waals surface area contributed by atoms with Crippen molar-refractivity contribution in [3.63, 3.8) is 0 Å². The van der Waals surface area contributed by atoms with Crippen LogP contribution >= 0.6 is 0 Å². The quantitative estimate of drug-likeness (QED) is 0.550. The first-order chi connectivity index (χ1) is 16.5. The van der Waals surface area contributed by atoms with Crippen LogP contribution in [0.1, 0.15) is 12.8 Å². The number of morpholine rings is 1. The number of carbonyl (C=O) groups excluding carboxylic acids is 1. The summed E-state index contributed by atoms with van der Waals surface area (Å²) in [5.74, 6) is 0.0724. The van der Waals surface area contributed by atoms with Gasteiger partial charge in [0.25, 0.3) is 10.0 Å². The van der Waals surface area contributed by atoms with E-state index in [1.54, 1.807) is 18.3 Å². The van der Waals surface area contributed by atoms with Gasteiger partial charge < -0.3 is 19.4 Å². The maximum atomic E-state index is 13.0. The summed E-state index contributed by atoms with van der Waals surface area (Å²) in [6.07, 6.45) is 2.47. The second-order valence-corrected chi connectivity index (χ2v) is 10.3. The van der Waals surface area contributed by atoms with Crippen molar-refractivity contribution in [2.75, 3.05) is 49.6 Å². The van der Waals surface area contributed by atoms with Crippen LogP contribution in [-0.4, -0.2) is 68.2 Å². The fourth-order valence-corrected chi connectivity index (χ4v) is 5.68. The lowest BCUT2D eigenvalue weighted by atomic mass is 9.97. The molecule has 1 amide bonds. The van der Waals surface area contributed by atoms with Crippen molar-refractivity contribution in [2.24, 2.45) is 5.92 Å². The number of hydrogen-bond donors (Lipinski definition) is 2. The summed E-state index contributed by atoms with van der Waals surface area (Å²) in [5, 5.41) is 9.46. The third-order valence-electron chi connectivity index (χ3n) is 6.28. The van der Waals surface area contributed by atoms with Crippen LogP contribution in [0.3, 0.4) is 0 Å². The van der Waals surface area contributed by atoms with E-state index in [9.17, 15) is 13.2 Å². The average molecular weight is 486 g/mol. The van der Waals surface area contributed by atoms with Crippen LogP contribution in [0.4, 0.5) is 11.4 Å². The number of aromatic amines is 1. The summed E-state index contributed by atoms with van der Waals surface area (Å²) in [5.41, 5.74) is 2.45. The fraction of sp³-hybridized carbons (Fsp3) is 0.391. The maximum Gasteiger partial charge on any atom is 0.276 e. The zero-order valence-corrected chi connectivity index (χ0v) is 19.5. The molecule has 10 nitrogen and oxygen atoms in total. The lowest BCUT2D eigenvalue weighted by molar-refractivity contribution is -0.120. The highest BCUT2D eigenvalue weighted by molar-refractivity contribution is 7.89. The molecule has 2 fully saturated rings. The number of H-pyrrole nitrogens is 1. The van der Waals surface area contributed by atoms with Gasteiger partial charge in [-0.3, -0.25) is 9.89 Å². The number of piperidine rings is 1. The number of anilines is 2. The summed E-state index contributed by atoms with van der Waals surface area (Å²) < 4.78 is 38.3. The van der Waals surface area contributed by atoms with Crippen molar-refractivity contribution in [3.8, 4) is 11.5 Å². The number of hydrogen-bond acceptors (Lipinski definition) is 7. The fourth-order valence-electron chi connectivity index (χ4n) is 4.30. The minimum atomic E-state index is -3.77. The first kappa shape index (κ1) is 22.6. The van der Waals surface area contributed by atoms with Crippen molar-refractivity contribution in [1.29, 1.82) is 0 Å². The molecule has 3 aromatic rings. The third-order valence-corrected chi connectivity index (χ3v) is 8.05. The number of rotatable bonds is 6. The largest absolute Gasteiger partial charge is 0.442 e. The Morgan fingerprint density at radius 2 is 1.74 bits per heavy atom. The molecule has 4 heterocycles. The van der Waals surface area contributed by atoms with E-state index in [4.69, 9.17) is 9.15 Å². The van der Waals surface area contributed by atoms with E-state index >= 15 is 0 Å². The van der Waals surface area contributed by atoms with Crippen LogP contribution in [0.5, 0.6) is 0 Å². The number of ether oxygens (including phenoxy) is 1. The number of amides is 1. The molecule has 11 heteroatoms. The molecule has 0 spiro atoms. The molecule has 2 saturated heterocycles. The number of nitrogens with zero attached hydrogens (tertiary/aromatic N) is 3. The molecule has 0 atom stereocenters. The monoisotopic (exact) mass is 485 g/mol. The topological polar surface area (TPSA) is 121 Å². The van der Waals surface area contributed by atoms with Crippen LogP contribution in [0.25, 0.3) is 11.5 Å². The predicted octanol–water partition coefficient (Wildman–Crippen LogP) is 2.55. The van der Waals surface area contributed by atoms with Crippen LogP contribution in [-0.2, 0) is 19.6 Å². The van der Waals surface area contributed by atoms with Gasteiger partial charge in [-0.05, 0) is 55.3 Å². The zero-order chi connectivity index (χ0) is 23.5. The summed E-state index contributed by atoms with van der Waals surface area (Å²) in [6, 6.07) is 12.5. The summed E-state index contributed by atoms with van der Waals surface area (Å²) in [7, 11) is -3.77. The van der Waals surface area contributed by atoms with Gasteiger partial charge in [-0.2, -0.15) is 9.40 Å². The minimum Gasteiger partial charge on any atom is -0.442 e. The van der Waals surface area contributed by atoms with Gasteiger partial charge in [0.05, 0.1) is 13.2 Å².